The van der Waals surface area contributed by atoms with E-state index in [4.69, 9.17) is 4.74 Å². The van der Waals surface area contributed by atoms with Gasteiger partial charge in [-0.25, -0.2) is 13.8 Å². The minimum absolute atomic E-state index is 0.278. The zero-order valence-electron chi connectivity index (χ0n) is 15.0. The highest BCUT2D eigenvalue weighted by molar-refractivity contribution is 5.57. The van der Waals surface area contributed by atoms with Gasteiger partial charge in [0.25, 0.3) is 0 Å². The molecule has 0 unspecified atom stereocenters. The van der Waals surface area contributed by atoms with E-state index in [2.05, 4.69) is 27.0 Å². The van der Waals surface area contributed by atoms with Crippen LogP contribution in [0.25, 0.3) is 11.4 Å². The molecular formula is C21H19F2N3O. The van der Waals surface area contributed by atoms with Gasteiger partial charge in [0.05, 0.1) is 12.8 Å². The average Bonchev–Trinajstić information content (AvgIpc) is 2.67. The normalized spacial score (nSPS) is 14.0. The molecule has 3 aromatic rings. The standard InChI is InChI=1S/C21H19F2N3O/c1-27-21-18-13-26(12-14-5-3-2-4-6-14)8-7-19(18)24-20(25-21)15-9-16(22)11-17(23)10-15/h2-6,9-11H,7-8,12-13H2,1H3. The Bertz CT molecular complexity index is 926. The van der Waals surface area contributed by atoms with E-state index in [1.807, 2.05) is 18.2 Å². The summed E-state index contributed by atoms with van der Waals surface area (Å²) < 4.78 is 32.6. The van der Waals surface area contributed by atoms with E-state index in [1.165, 1.54) is 17.7 Å². The fourth-order valence-electron chi connectivity index (χ4n) is 3.40. The number of hydrogen-bond donors (Lipinski definition) is 0. The van der Waals surface area contributed by atoms with Gasteiger partial charge in [0.1, 0.15) is 11.6 Å². The van der Waals surface area contributed by atoms with Crippen molar-refractivity contribution in [3.8, 4) is 17.3 Å². The Labute approximate surface area is 156 Å². The van der Waals surface area contributed by atoms with Crippen molar-refractivity contribution in [2.45, 2.75) is 19.5 Å². The second-order valence-electron chi connectivity index (χ2n) is 6.59. The summed E-state index contributed by atoms with van der Waals surface area (Å²) in [5, 5.41) is 0. The maximum atomic E-state index is 13.6. The molecule has 0 fully saturated rings. The van der Waals surface area contributed by atoms with Crippen molar-refractivity contribution < 1.29 is 13.5 Å². The molecule has 1 aliphatic rings. The molecule has 0 amide bonds. The average molecular weight is 367 g/mol. The molecule has 4 nitrogen and oxygen atoms in total. The predicted molar refractivity (Wildman–Crippen MR) is 98.2 cm³/mol. The van der Waals surface area contributed by atoms with Crippen molar-refractivity contribution in [2.24, 2.45) is 0 Å². The van der Waals surface area contributed by atoms with Crippen LogP contribution in [0, 0.1) is 11.6 Å². The molecule has 1 aromatic heterocycles. The van der Waals surface area contributed by atoms with Gasteiger partial charge in [-0.05, 0) is 17.7 Å². The third-order valence-corrected chi connectivity index (χ3v) is 4.66. The van der Waals surface area contributed by atoms with Gasteiger partial charge < -0.3 is 4.74 Å². The van der Waals surface area contributed by atoms with Crippen molar-refractivity contribution in [1.82, 2.24) is 14.9 Å². The van der Waals surface area contributed by atoms with Gasteiger partial charge in [-0.1, -0.05) is 30.3 Å². The number of nitrogens with zero attached hydrogens (tertiary/aromatic N) is 3. The molecule has 0 atom stereocenters. The van der Waals surface area contributed by atoms with E-state index in [0.29, 0.717) is 18.0 Å². The van der Waals surface area contributed by atoms with Crippen molar-refractivity contribution >= 4 is 0 Å². The number of aromatic nitrogens is 2. The van der Waals surface area contributed by atoms with Crippen LogP contribution in [0.1, 0.15) is 16.8 Å². The molecule has 0 N–H and O–H groups in total. The highest BCUT2D eigenvalue weighted by atomic mass is 19.1. The van der Waals surface area contributed by atoms with Crippen LogP contribution >= 0.6 is 0 Å². The molecule has 0 saturated heterocycles. The lowest BCUT2D eigenvalue weighted by molar-refractivity contribution is 0.236. The minimum atomic E-state index is -0.653. The second-order valence-corrected chi connectivity index (χ2v) is 6.59. The molecule has 4 rings (SSSR count). The summed E-state index contributed by atoms with van der Waals surface area (Å²) in [5.74, 6) is -0.573. The summed E-state index contributed by atoms with van der Waals surface area (Å²) in [6, 6.07) is 13.6. The van der Waals surface area contributed by atoms with Gasteiger partial charge in [0.15, 0.2) is 5.82 Å². The van der Waals surface area contributed by atoms with Crippen LogP contribution in [0.15, 0.2) is 48.5 Å². The van der Waals surface area contributed by atoms with Gasteiger partial charge in [0.2, 0.25) is 5.88 Å². The monoisotopic (exact) mass is 367 g/mol. The first kappa shape index (κ1) is 17.5. The van der Waals surface area contributed by atoms with E-state index in [1.54, 1.807) is 7.11 Å². The number of hydrogen-bond acceptors (Lipinski definition) is 4. The lowest BCUT2D eigenvalue weighted by atomic mass is 10.0. The van der Waals surface area contributed by atoms with E-state index >= 15 is 0 Å². The van der Waals surface area contributed by atoms with Crippen LogP contribution in [-0.2, 0) is 19.5 Å². The first-order valence-corrected chi connectivity index (χ1v) is 8.79. The zero-order chi connectivity index (χ0) is 18.8. The minimum Gasteiger partial charge on any atom is -0.481 e. The number of rotatable bonds is 4. The highest BCUT2D eigenvalue weighted by Crippen LogP contribution is 2.29. The molecule has 0 aliphatic carbocycles. The largest absolute Gasteiger partial charge is 0.481 e. The third-order valence-electron chi connectivity index (χ3n) is 4.66. The quantitative estimate of drug-likeness (QED) is 0.699. The fraction of sp³-hybridized carbons (Fsp3) is 0.238. The molecule has 0 spiro atoms. The fourth-order valence-corrected chi connectivity index (χ4v) is 3.40. The van der Waals surface area contributed by atoms with Crippen molar-refractivity contribution in [3.63, 3.8) is 0 Å². The predicted octanol–water partition coefficient (Wildman–Crippen LogP) is 3.99. The number of methoxy groups -OCH3 is 1. The molecule has 27 heavy (non-hydrogen) atoms. The van der Waals surface area contributed by atoms with E-state index in [-0.39, 0.29) is 5.82 Å². The van der Waals surface area contributed by atoms with Crippen LogP contribution in [0.4, 0.5) is 8.78 Å². The third kappa shape index (κ3) is 3.80. The molecule has 6 heteroatoms. The Morgan fingerprint density at radius 1 is 1.04 bits per heavy atom. The lowest BCUT2D eigenvalue weighted by Crippen LogP contribution is -2.31. The Hall–Kier alpha value is -2.86. The molecular weight excluding hydrogens is 348 g/mol. The Morgan fingerprint density at radius 3 is 2.48 bits per heavy atom. The SMILES string of the molecule is COc1nc(-c2cc(F)cc(F)c2)nc2c1CN(Cc1ccccc1)CC2. The number of benzene rings is 2. The maximum absolute atomic E-state index is 13.6. The van der Waals surface area contributed by atoms with E-state index in [9.17, 15) is 8.78 Å². The smallest absolute Gasteiger partial charge is 0.221 e. The number of ether oxygens (including phenoxy) is 1. The zero-order valence-corrected chi connectivity index (χ0v) is 15.0. The van der Waals surface area contributed by atoms with Gasteiger partial charge in [0, 0.05) is 43.2 Å². The summed E-state index contributed by atoms with van der Waals surface area (Å²) in [4.78, 5) is 11.3. The highest BCUT2D eigenvalue weighted by Gasteiger charge is 2.24. The summed E-state index contributed by atoms with van der Waals surface area (Å²) in [7, 11) is 1.55. The molecule has 2 aromatic carbocycles. The lowest BCUT2D eigenvalue weighted by Gasteiger charge is -2.29. The maximum Gasteiger partial charge on any atom is 0.221 e. The molecule has 0 radical (unpaired) electrons. The first-order valence-electron chi connectivity index (χ1n) is 8.79. The van der Waals surface area contributed by atoms with Crippen molar-refractivity contribution in [3.05, 3.63) is 77.0 Å². The van der Waals surface area contributed by atoms with E-state index in [0.717, 1.165) is 36.8 Å². The summed E-state index contributed by atoms with van der Waals surface area (Å²) >= 11 is 0. The van der Waals surface area contributed by atoms with Gasteiger partial charge in [-0.3, -0.25) is 4.90 Å². The number of halogens is 2. The van der Waals surface area contributed by atoms with Crippen LogP contribution in [0.3, 0.4) is 0 Å². The van der Waals surface area contributed by atoms with Gasteiger partial charge in [-0.15, -0.1) is 0 Å². The topological polar surface area (TPSA) is 38.3 Å². The Kier molecular flexibility index (Phi) is 4.81. The van der Waals surface area contributed by atoms with Gasteiger partial charge >= 0.3 is 0 Å². The van der Waals surface area contributed by atoms with Gasteiger partial charge in [-0.2, -0.15) is 4.98 Å². The summed E-state index contributed by atoms with van der Waals surface area (Å²) in [6.07, 6.45) is 0.728. The molecule has 1 aliphatic heterocycles. The molecule has 138 valence electrons. The number of fused-ring (bicyclic) bond motifs is 1. The van der Waals surface area contributed by atoms with Crippen LogP contribution in [0.5, 0.6) is 5.88 Å². The Morgan fingerprint density at radius 2 is 1.78 bits per heavy atom. The van der Waals surface area contributed by atoms with E-state index < -0.39 is 11.6 Å². The Balaban J connectivity index is 1.64. The molecule has 0 saturated carbocycles. The summed E-state index contributed by atoms with van der Waals surface area (Å²) in [6.45, 7) is 2.35. The summed E-state index contributed by atoms with van der Waals surface area (Å²) in [5.41, 5.74) is 3.35. The van der Waals surface area contributed by atoms with Crippen LogP contribution < -0.4 is 4.74 Å². The van der Waals surface area contributed by atoms with Crippen LogP contribution in [-0.4, -0.2) is 28.5 Å². The first-order chi connectivity index (χ1) is 13.1. The van der Waals surface area contributed by atoms with Crippen molar-refractivity contribution in [1.29, 1.82) is 0 Å². The second kappa shape index (κ2) is 7.40. The molecule has 0 bridgehead atoms. The van der Waals surface area contributed by atoms with Crippen molar-refractivity contribution in [2.75, 3.05) is 13.7 Å². The molecule has 2 heterocycles. The van der Waals surface area contributed by atoms with Crippen LogP contribution in [0.2, 0.25) is 0 Å².